The summed E-state index contributed by atoms with van der Waals surface area (Å²) in [5, 5.41) is 13.0. The van der Waals surface area contributed by atoms with Crippen molar-refractivity contribution in [2.75, 3.05) is 7.11 Å². The van der Waals surface area contributed by atoms with Gasteiger partial charge in [0, 0.05) is 17.0 Å². The number of hydrogen-bond acceptors (Lipinski definition) is 5. The number of rotatable bonds is 6. The van der Waals surface area contributed by atoms with Crippen LogP contribution in [0.4, 0.5) is 0 Å². The van der Waals surface area contributed by atoms with Crippen molar-refractivity contribution in [2.45, 2.75) is 33.2 Å². The van der Waals surface area contributed by atoms with Gasteiger partial charge in [0.25, 0.3) is 0 Å². The SMILES string of the molecule is COc1ccc(-c2cc(=N[C@H](CC(C)C)C(=O)[O-])c3cc(C)ccc3o2)cc1. The molecule has 0 N–H and O–H groups in total. The molecule has 1 heterocycles. The molecule has 146 valence electrons. The third kappa shape index (κ3) is 4.42. The van der Waals surface area contributed by atoms with Crippen molar-refractivity contribution in [3.8, 4) is 17.1 Å². The highest BCUT2D eigenvalue weighted by Crippen LogP contribution is 2.25. The number of hydrogen-bond donors (Lipinski definition) is 0. The highest BCUT2D eigenvalue weighted by molar-refractivity contribution is 5.79. The van der Waals surface area contributed by atoms with E-state index in [1.165, 1.54) is 0 Å². The van der Waals surface area contributed by atoms with Crippen molar-refractivity contribution in [1.82, 2.24) is 0 Å². The van der Waals surface area contributed by atoms with Crippen LogP contribution in [-0.4, -0.2) is 19.1 Å². The minimum atomic E-state index is -1.17. The number of carboxylic acids is 1. The first-order valence-corrected chi connectivity index (χ1v) is 9.31. The monoisotopic (exact) mass is 378 g/mol. The molecule has 0 aliphatic carbocycles. The molecule has 3 rings (SSSR count). The lowest BCUT2D eigenvalue weighted by Crippen LogP contribution is -2.36. The molecule has 0 fully saturated rings. The number of carboxylic acid groups (broad SMARTS) is 1. The molecule has 0 saturated carbocycles. The van der Waals surface area contributed by atoms with Crippen LogP contribution in [0.15, 0.2) is 57.9 Å². The van der Waals surface area contributed by atoms with Gasteiger partial charge in [-0.3, -0.25) is 4.99 Å². The average molecular weight is 378 g/mol. The summed E-state index contributed by atoms with van der Waals surface area (Å²) < 4.78 is 11.3. The van der Waals surface area contributed by atoms with Crippen molar-refractivity contribution >= 4 is 16.9 Å². The number of nitrogens with zero attached hydrogens (tertiary/aromatic N) is 1. The van der Waals surface area contributed by atoms with Crippen LogP contribution in [0.3, 0.4) is 0 Å². The Morgan fingerprint density at radius 2 is 1.86 bits per heavy atom. The summed E-state index contributed by atoms with van der Waals surface area (Å²) >= 11 is 0. The minimum absolute atomic E-state index is 0.189. The number of ether oxygens (including phenoxy) is 1. The fraction of sp³-hybridized carbons (Fsp3) is 0.304. The van der Waals surface area contributed by atoms with Crippen LogP contribution in [0, 0.1) is 12.8 Å². The molecule has 2 aromatic carbocycles. The number of aliphatic carboxylic acids is 1. The van der Waals surface area contributed by atoms with Gasteiger partial charge in [0.05, 0.1) is 24.5 Å². The molecule has 0 saturated heterocycles. The standard InChI is InChI=1S/C23H25NO4/c1-14(2)11-20(23(25)26)24-19-13-22(16-6-8-17(27-4)9-7-16)28-21-10-5-15(3)12-18(19)21/h5-10,12-14,20H,11H2,1-4H3,(H,25,26)/p-1/t20-/m1/s1. The van der Waals surface area contributed by atoms with Crippen LogP contribution < -0.4 is 15.2 Å². The first-order valence-electron chi connectivity index (χ1n) is 9.31. The van der Waals surface area contributed by atoms with Gasteiger partial charge in [-0.1, -0.05) is 25.5 Å². The van der Waals surface area contributed by atoms with Gasteiger partial charge in [-0.05, 0) is 55.7 Å². The molecule has 0 aliphatic rings. The zero-order chi connectivity index (χ0) is 20.3. The molecule has 3 aromatic rings. The first-order chi connectivity index (χ1) is 13.4. The Morgan fingerprint density at radius 3 is 2.46 bits per heavy atom. The Hall–Kier alpha value is -3.08. The average Bonchev–Trinajstić information content (AvgIpc) is 2.67. The summed E-state index contributed by atoms with van der Waals surface area (Å²) in [7, 11) is 1.61. The van der Waals surface area contributed by atoms with E-state index in [4.69, 9.17) is 9.15 Å². The normalized spacial score (nSPS) is 13.1. The van der Waals surface area contributed by atoms with Crippen molar-refractivity contribution in [3.05, 3.63) is 59.5 Å². The predicted molar refractivity (Wildman–Crippen MR) is 107 cm³/mol. The summed E-state index contributed by atoms with van der Waals surface area (Å²) in [6, 6.07) is 14.2. The number of methoxy groups -OCH3 is 1. The summed E-state index contributed by atoms with van der Waals surface area (Å²) in [4.78, 5) is 16.2. The van der Waals surface area contributed by atoms with Crippen LogP contribution >= 0.6 is 0 Å². The van der Waals surface area contributed by atoms with E-state index in [9.17, 15) is 9.90 Å². The van der Waals surface area contributed by atoms with Gasteiger partial charge in [-0.2, -0.15) is 0 Å². The maximum absolute atomic E-state index is 11.6. The van der Waals surface area contributed by atoms with Gasteiger partial charge < -0.3 is 19.1 Å². The molecule has 5 heteroatoms. The number of fused-ring (bicyclic) bond motifs is 1. The van der Waals surface area contributed by atoms with Gasteiger partial charge in [-0.15, -0.1) is 0 Å². The van der Waals surface area contributed by atoms with Crippen LogP contribution in [0.25, 0.3) is 22.3 Å². The molecule has 1 atom stereocenters. The summed E-state index contributed by atoms with van der Waals surface area (Å²) in [6.07, 6.45) is 0.416. The van der Waals surface area contributed by atoms with E-state index in [1.807, 2.05) is 63.2 Å². The van der Waals surface area contributed by atoms with Crippen molar-refractivity contribution in [2.24, 2.45) is 10.9 Å². The maximum Gasteiger partial charge on any atom is 0.136 e. The molecule has 0 spiro atoms. The molecule has 28 heavy (non-hydrogen) atoms. The Balaban J connectivity index is 2.22. The molecule has 0 amide bonds. The van der Waals surface area contributed by atoms with Crippen LogP contribution in [0.5, 0.6) is 5.75 Å². The van der Waals surface area contributed by atoms with Gasteiger partial charge in [0.15, 0.2) is 0 Å². The van der Waals surface area contributed by atoms with Gasteiger partial charge in [0.1, 0.15) is 17.1 Å². The van der Waals surface area contributed by atoms with Crippen LogP contribution in [0.2, 0.25) is 0 Å². The van der Waals surface area contributed by atoms with Gasteiger partial charge in [0.2, 0.25) is 0 Å². The van der Waals surface area contributed by atoms with Crippen molar-refractivity contribution < 1.29 is 19.1 Å². The second kappa shape index (κ2) is 8.30. The van der Waals surface area contributed by atoms with Crippen molar-refractivity contribution in [1.29, 1.82) is 0 Å². The second-order valence-corrected chi connectivity index (χ2v) is 7.32. The molecule has 5 nitrogen and oxygen atoms in total. The smallest absolute Gasteiger partial charge is 0.136 e. The topological polar surface area (TPSA) is 74.9 Å². The summed E-state index contributed by atoms with van der Waals surface area (Å²) in [5.41, 5.74) is 2.55. The van der Waals surface area contributed by atoms with E-state index < -0.39 is 12.0 Å². The molecular formula is C23H24NO4-. The Kier molecular flexibility index (Phi) is 5.83. The quantitative estimate of drug-likeness (QED) is 0.658. The molecule has 1 aromatic heterocycles. The first kappa shape index (κ1) is 19.7. The zero-order valence-corrected chi connectivity index (χ0v) is 16.6. The molecular weight excluding hydrogens is 354 g/mol. The second-order valence-electron chi connectivity index (χ2n) is 7.32. The zero-order valence-electron chi connectivity index (χ0n) is 16.6. The number of carbonyl (C=O) groups is 1. The Morgan fingerprint density at radius 1 is 1.14 bits per heavy atom. The number of aryl methyl sites for hydroxylation is 1. The molecule has 0 radical (unpaired) electrons. The van der Waals surface area contributed by atoms with E-state index in [1.54, 1.807) is 13.2 Å². The Bertz CT molecular complexity index is 1050. The van der Waals surface area contributed by atoms with E-state index in [2.05, 4.69) is 4.99 Å². The van der Waals surface area contributed by atoms with Gasteiger partial charge >= 0.3 is 0 Å². The summed E-state index contributed by atoms with van der Waals surface area (Å²) in [6.45, 7) is 5.92. The highest BCUT2D eigenvalue weighted by atomic mass is 16.5. The largest absolute Gasteiger partial charge is 0.548 e. The maximum atomic E-state index is 11.6. The van der Waals surface area contributed by atoms with Crippen LogP contribution in [0.1, 0.15) is 25.8 Å². The number of carbonyl (C=O) groups excluding carboxylic acids is 1. The fourth-order valence-corrected chi connectivity index (χ4v) is 3.10. The summed E-state index contributed by atoms with van der Waals surface area (Å²) in [5.74, 6) is 0.383. The number of benzene rings is 2. The lowest BCUT2D eigenvalue weighted by molar-refractivity contribution is -0.307. The lowest BCUT2D eigenvalue weighted by Gasteiger charge is -2.16. The third-order valence-corrected chi connectivity index (χ3v) is 4.53. The highest BCUT2D eigenvalue weighted by Gasteiger charge is 2.12. The molecule has 0 unspecified atom stereocenters. The predicted octanol–water partition coefficient (Wildman–Crippen LogP) is 3.48. The van der Waals surface area contributed by atoms with Crippen LogP contribution in [-0.2, 0) is 4.79 Å². The van der Waals surface area contributed by atoms with E-state index in [-0.39, 0.29) is 5.92 Å². The molecule has 0 aliphatic heterocycles. The van der Waals surface area contributed by atoms with Gasteiger partial charge in [-0.25, -0.2) is 0 Å². The molecule has 0 bridgehead atoms. The minimum Gasteiger partial charge on any atom is -0.548 e. The lowest BCUT2D eigenvalue weighted by atomic mass is 10.0. The van der Waals surface area contributed by atoms with E-state index in [0.717, 1.165) is 22.3 Å². The Labute approximate surface area is 164 Å². The third-order valence-electron chi connectivity index (χ3n) is 4.53. The fourth-order valence-electron chi connectivity index (χ4n) is 3.10. The van der Waals surface area contributed by atoms with E-state index >= 15 is 0 Å². The van der Waals surface area contributed by atoms with E-state index in [0.29, 0.717) is 23.1 Å². The van der Waals surface area contributed by atoms with Crippen molar-refractivity contribution in [3.63, 3.8) is 0 Å².